The van der Waals surface area contributed by atoms with Crippen molar-refractivity contribution in [3.63, 3.8) is 0 Å². The number of aromatic amines is 1. The second-order valence-corrected chi connectivity index (χ2v) is 6.21. The average molecular weight is 304 g/mol. The van der Waals surface area contributed by atoms with Crippen molar-refractivity contribution < 1.29 is 4.79 Å². The minimum absolute atomic E-state index is 0.157. The molecule has 0 fully saturated rings. The number of carbonyl (C=O) groups is 1. The molecule has 1 aromatic heterocycles. The van der Waals surface area contributed by atoms with Crippen LogP contribution in [0.3, 0.4) is 0 Å². The Kier molecular flexibility index (Phi) is 3.41. The Labute approximate surface area is 135 Å². The maximum absolute atomic E-state index is 13.1. The van der Waals surface area contributed by atoms with Gasteiger partial charge in [-0.1, -0.05) is 36.4 Å². The van der Waals surface area contributed by atoms with Gasteiger partial charge in [-0.15, -0.1) is 0 Å². The fraction of sp³-hybridized carbons (Fsp3) is 0.250. The van der Waals surface area contributed by atoms with Gasteiger partial charge in [0.05, 0.1) is 6.04 Å². The summed E-state index contributed by atoms with van der Waals surface area (Å²) in [5, 5.41) is 1.01. The third-order valence-electron chi connectivity index (χ3n) is 4.85. The number of ketones is 1. The number of nitrogens with zero attached hydrogens (tertiary/aromatic N) is 1. The van der Waals surface area contributed by atoms with Gasteiger partial charge in [0.2, 0.25) is 0 Å². The molecule has 1 unspecified atom stereocenters. The third kappa shape index (κ3) is 2.33. The molecule has 0 bridgehead atoms. The second kappa shape index (κ2) is 5.58. The van der Waals surface area contributed by atoms with E-state index in [1.54, 1.807) is 0 Å². The molecular formula is C20H20N2O. The Bertz CT molecular complexity index is 865. The standard InChI is InChI=1S/C20H20N2O/c1-14(22-12-6-8-15-7-2-5-11-19(15)22)20(23)17-13-21-18-10-4-3-9-16(17)18/h2-5,7,9-11,13-14,21H,6,8,12H2,1H3. The molecule has 116 valence electrons. The number of nitrogens with one attached hydrogen (secondary N) is 1. The molecule has 1 aliphatic rings. The van der Waals surface area contributed by atoms with E-state index in [9.17, 15) is 4.79 Å². The first kappa shape index (κ1) is 14.1. The molecule has 0 saturated heterocycles. The van der Waals surface area contributed by atoms with Crippen LogP contribution in [0.25, 0.3) is 10.9 Å². The maximum Gasteiger partial charge on any atom is 0.187 e. The van der Waals surface area contributed by atoms with Gasteiger partial charge in [-0.25, -0.2) is 0 Å². The van der Waals surface area contributed by atoms with E-state index in [0.717, 1.165) is 35.9 Å². The summed E-state index contributed by atoms with van der Waals surface area (Å²) in [5.74, 6) is 0.180. The van der Waals surface area contributed by atoms with E-state index in [1.165, 1.54) is 11.3 Å². The number of hydrogen-bond donors (Lipinski definition) is 1. The van der Waals surface area contributed by atoms with Gasteiger partial charge in [-0.3, -0.25) is 4.79 Å². The summed E-state index contributed by atoms with van der Waals surface area (Å²) >= 11 is 0. The molecule has 0 saturated carbocycles. The van der Waals surface area contributed by atoms with Gasteiger partial charge < -0.3 is 9.88 Å². The van der Waals surface area contributed by atoms with E-state index in [2.05, 4.69) is 34.1 Å². The van der Waals surface area contributed by atoms with E-state index in [-0.39, 0.29) is 11.8 Å². The van der Waals surface area contributed by atoms with Crippen LogP contribution in [0.1, 0.15) is 29.3 Å². The number of para-hydroxylation sites is 2. The minimum atomic E-state index is -0.157. The third-order valence-corrected chi connectivity index (χ3v) is 4.85. The molecule has 2 heterocycles. The monoisotopic (exact) mass is 304 g/mol. The van der Waals surface area contributed by atoms with Crippen molar-refractivity contribution in [2.24, 2.45) is 0 Å². The van der Waals surface area contributed by atoms with Crippen LogP contribution < -0.4 is 4.90 Å². The zero-order chi connectivity index (χ0) is 15.8. The van der Waals surface area contributed by atoms with Crippen molar-refractivity contribution in [2.75, 3.05) is 11.4 Å². The van der Waals surface area contributed by atoms with Crippen LogP contribution in [0.15, 0.2) is 54.7 Å². The predicted octanol–water partition coefficient (Wildman–Crippen LogP) is 4.19. The number of fused-ring (bicyclic) bond motifs is 2. The van der Waals surface area contributed by atoms with Crippen LogP contribution in [-0.4, -0.2) is 23.4 Å². The predicted molar refractivity (Wildman–Crippen MR) is 94.2 cm³/mol. The van der Waals surface area contributed by atoms with Gasteiger partial charge in [-0.2, -0.15) is 0 Å². The summed E-state index contributed by atoms with van der Waals surface area (Å²) in [7, 11) is 0. The van der Waals surface area contributed by atoms with Gasteiger partial charge in [0.1, 0.15) is 0 Å². The molecule has 3 heteroatoms. The number of hydrogen-bond acceptors (Lipinski definition) is 2. The number of anilines is 1. The summed E-state index contributed by atoms with van der Waals surface area (Å²) in [6.07, 6.45) is 4.04. The largest absolute Gasteiger partial charge is 0.361 e. The van der Waals surface area contributed by atoms with Gasteiger partial charge in [0.25, 0.3) is 0 Å². The maximum atomic E-state index is 13.1. The van der Waals surface area contributed by atoms with Crippen LogP contribution in [0.5, 0.6) is 0 Å². The number of benzene rings is 2. The molecule has 0 radical (unpaired) electrons. The Balaban J connectivity index is 1.70. The lowest BCUT2D eigenvalue weighted by atomic mass is 9.97. The number of carbonyl (C=O) groups excluding carboxylic acids is 1. The lowest BCUT2D eigenvalue weighted by Crippen LogP contribution is -2.42. The second-order valence-electron chi connectivity index (χ2n) is 6.21. The van der Waals surface area contributed by atoms with Gasteiger partial charge in [0.15, 0.2) is 5.78 Å². The molecule has 4 rings (SSSR count). The first-order chi connectivity index (χ1) is 11.3. The highest BCUT2D eigenvalue weighted by Crippen LogP contribution is 2.30. The van der Waals surface area contributed by atoms with E-state index < -0.39 is 0 Å². The van der Waals surface area contributed by atoms with Gasteiger partial charge in [-0.05, 0) is 37.5 Å². The Morgan fingerprint density at radius 1 is 1.13 bits per heavy atom. The zero-order valence-corrected chi connectivity index (χ0v) is 13.3. The van der Waals surface area contributed by atoms with Gasteiger partial charge >= 0.3 is 0 Å². The molecule has 23 heavy (non-hydrogen) atoms. The topological polar surface area (TPSA) is 36.1 Å². The quantitative estimate of drug-likeness (QED) is 0.736. The number of aryl methyl sites for hydroxylation is 1. The van der Waals surface area contributed by atoms with Gasteiger partial charge in [0, 0.05) is 34.9 Å². The summed E-state index contributed by atoms with van der Waals surface area (Å²) in [5.41, 5.74) is 4.36. The van der Waals surface area contributed by atoms with Crippen molar-refractivity contribution in [3.8, 4) is 0 Å². The van der Waals surface area contributed by atoms with Crippen molar-refractivity contribution in [2.45, 2.75) is 25.8 Å². The van der Waals surface area contributed by atoms with Crippen LogP contribution in [0.4, 0.5) is 5.69 Å². The van der Waals surface area contributed by atoms with Crippen molar-refractivity contribution >= 4 is 22.4 Å². The summed E-state index contributed by atoms with van der Waals surface area (Å²) in [6.45, 7) is 2.96. The molecule has 3 aromatic rings. The fourth-order valence-electron chi connectivity index (χ4n) is 3.61. The zero-order valence-electron chi connectivity index (χ0n) is 13.3. The Morgan fingerprint density at radius 2 is 1.91 bits per heavy atom. The molecule has 0 spiro atoms. The van der Waals surface area contributed by atoms with E-state index in [1.807, 2.05) is 37.4 Å². The Hall–Kier alpha value is -2.55. The smallest absolute Gasteiger partial charge is 0.187 e. The number of Topliss-reactive ketones (excluding diaryl/α,β-unsaturated/α-hetero) is 1. The summed E-state index contributed by atoms with van der Waals surface area (Å²) in [4.78, 5) is 18.5. The first-order valence-electron chi connectivity index (χ1n) is 8.20. The molecule has 0 amide bonds. The first-order valence-corrected chi connectivity index (χ1v) is 8.20. The molecule has 3 nitrogen and oxygen atoms in total. The van der Waals surface area contributed by atoms with E-state index in [0.29, 0.717) is 0 Å². The molecule has 0 aliphatic carbocycles. The molecule has 1 N–H and O–H groups in total. The van der Waals surface area contributed by atoms with Crippen LogP contribution in [0, 0.1) is 0 Å². The van der Waals surface area contributed by atoms with E-state index >= 15 is 0 Å². The molecule has 1 aliphatic heterocycles. The lowest BCUT2D eigenvalue weighted by molar-refractivity contribution is 0.0965. The highest BCUT2D eigenvalue weighted by Gasteiger charge is 2.27. The fourth-order valence-corrected chi connectivity index (χ4v) is 3.61. The highest BCUT2D eigenvalue weighted by atomic mass is 16.1. The summed E-state index contributed by atoms with van der Waals surface area (Å²) < 4.78 is 0. The van der Waals surface area contributed by atoms with Crippen LogP contribution in [0.2, 0.25) is 0 Å². The van der Waals surface area contributed by atoms with Crippen LogP contribution >= 0.6 is 0 Å². The minimum Gasteiger partial charge on any atom is -0.361 e. The molecule has 2 aromatic carbocycles. The van der Waals surface area contributed by atoms with E-state index in [4.69, 9.17) is 0 Å². The average Bonchev–Trinajstić information content (AvgIpc) is 3.04. The number of rotatable bonds is 3. The molecular weight excluding hydrogens is 284 g/mol. The van der Waals surface area contributed by atoms with Crippen molar-refractivity contribution in [1.82, 2.24) is 4.98 Å². The normalized spacial score (nSPS) is 15.4. The molecule has 1 atom stereocenters. The summed E-state index contributed by atoms with van der Waals surface area (Å²) in [6, 6.07) is 16.3. The lowest BCUT2D eigenvalue weighted by Gasteiger charge is -2.35. The van der Waals surface area contributed by atoms with Crippen LogP contribution in [-0.2, 0) is 6.42 Å². The number of aromatic nitrogens is 1. The number of H-pyrrole nitrogens is 1. The van der Waals surface area contributed by atoms with Crippen molar-refractivity contribution in [3.05, 3.63) is 65.9 Å². The Morgan fingerprint density at radius 3 is 2.83 bits per heavy atom. The SMILES string of the molecule is CC(C(=O)c1c[nH]c2ccccc12)N1CCCc2ccccc21. The van der Waals surface area contributed by atoms with Crippen molar-refractivity contribution in [1.29, 1.82) is 0 Å². The highest BCUT2D eigenvalue weighted by molar-refractivity contribution is 6.11.